The van der Waals surface area contributed by atoms with Gasteiger partial charge in [0.2, 0.25) is 0 Å². The first-order valence-electron chi connectivity index (χ1n) is 4.08. The Kier molecular flexibility index (Phi) is 6.38. The summed E-state index contributed by atoms with van der Waals surface area (Å²) < 4.78 is 4.51. The highest BCUT2D eigenvalue weighted by molar-refractivity contribution is 5.87. The lowest BCUT2D eigenvalue weighted by atomic mass is 10.2. The van der Waals surface area contributed by atoms with Gasteiger partial charge in [-0.3, -0.25) is 0 Å². The summed E-state index contributed by atoms with van der Waals surface area (Å²) >= 11 is 0. The van der Waals surface area contributed by atoms with Crippen LogP contribution < -0.4 is 0 Å². The number of methoxy groups -OCH3 is 1. The fourth-order valence-corrected chi connectivity index (χ4v) is 0.819. The van der Waals surface area contributed by atoms with Gasteiger partial charge in [-0.25, -0.2) is 4.79 Å². The van der Waals surface area contributed by atoms with Crippen LogP contribution in [0.25, 0.3) is 0 Å². The molecule has 3 heteroatoms. The second-order valence-electron chi connectivity index (χ2n) is 2.60. The molecule has 0 rings (SSSR count). The molecule has 0 aliphatic heterocycles. The fraction of sp³-hybridized carbons (Fsp3) is 0.667. The van der Waals surface area contributed by atoms with Crippen molar-refractivity contribution in [1.82, 2.24) is 0 Å². The van der Waals surface area contributed by atoms with Gasteiger partial charge in [-0.2, -0.15) is 0 Å². The number of hydrogen-bond acceptors (Lipinski definition) is 3. The van der Waals surface area contributed by atoms with Crippen molar-refractivity contribution in [2.24, 2.45) is 0 Å². The van der Waals surface area contributed by atoms with E-state index in [-0.39, 0.29) is 12.6 Å². The van der Waals surface area contributed by atoms with Gasteiger partial charge < -0.3 is 9.84 Å². The van der Waals surface area contributed by atoms with E-state index in [0.717, 1.165) is 19.3 Å². The van der Waals surface area contributed by atoms with Crippen LogP contribution in [0.3, 0.4) is 0 Å². The number of ether oxygens (including phenoxy) is 1. The van der Waals surface area contributed by atoms with E-state index in [1.807, 2.05) is 6.08 Å². The topological polar surface area (TPSA) is 46.5 Å². The number of esters is 1. The van der Waals surface area contributed by atoms with Crippen LogP contribution in [0.5, 0.6) is 0 Å². The normalized spacial score (nSPS) is 11.4. The molecule has 0 fully saturated rings. The molecule has 0 aromatic rings. The molecular weight excluding hydrogens is 156 g/mol. The van der Waals surface area contributed by atoms with Crippen LogP contribution in [0.4, 0.5) is 0 Å². The monoisotopic (exact) mass is 172 g/mol. The lowest BCUT2D eigenvalue weighted by Crippen LogP contribution is -2.01. The molecule has 0 bridgehead atoms. The third kappa shape index (κ3) is 4.91. The van der Waals surface area contributed by atoms with Gasteiger partial charge in [0.25, 0.3) is 0 Å². The van der Waals surface area contributed by atoms with Crippen molar-refractivity contribution in [3.8, 4) is 0 Å². The predicted molar refractivity (Wildman–Crippen MR) is 46.7 cm³/mol. The largest absolute Gasteiger partial charge is 0.466 e. The Balaban J connectivity index is 3.61. The number of unbranched alkanes of at least 4 members (excludes halogenated alkanes) is 2. The van der Waals surface area contributed by atoms with Gasteiger partial charge in [0.15, 0.2) is 0 Å². The maximum atomic E-state index is 10.8. The lowest BCUT2D eigenvalue weighted by Gasteiger charge is -1.97. The molecule has 0 amide bonds. The van der Waals surface area contributed by atoms with E-state index in [0.29, 0.717) is 5.57 Å². The average molecular weight is 172 g/mol. The number of aliphatic hydroxyl groups excluding tert-OH is 1. The SMILES string of the molecule is COC(=O)C(C)=CCCCCO. The third-order valence-electron chi connectivity index (χ3n) is 1.57. The number of aliphatic hydroxyl groups is 1. The highest BCUT2D eigenvalue weighted by Crippen LogP contribution is 2.02. The zero-order valence-corrected chi connectivity index (χ0v) is 7.67. The molecule has 0 aromatic carbocycles. The van der Waals surface area contributed by atoms with Crippen molar-refractivity contribution in [3.05, 3.63) is 11.6 Å². The van der Waals surface area contributed by atoms with Crippen molar-refractivity contribution in [2.45, 2.75) is 26.2 Å². The van der Waals surface area contributed by atoms with Gasteiger partial charge in [0, 0.05) is 12.2 Å². The number of carbonyl (C=O) groups is 1. The van der Waals surface area contributed by atoms with Crippen LogP contribution in [-0.4, -0.2) is 24.8 Å². The Morgan fingerprint density at radius 3 is 2.67 bits per heavy atom. The highest BCUT2D eigenvalue weighted by atomic mass is 16.5. The molecule has 12 heavy (non-hydrogen) atoms. The van der Waals surface area contributed by atoms with Gasteiger partial charge in [0.05, 0.1) is 7.11 Å². The molecule has 70 valence electrons. The Morgan fingerprint density at radius 1 is 1.50 bits per heavy atom. The van der Waals surface area contributed by atoms with Gasteiger partial charge in [0.1, 0.15) is 0 Å². The van der Waals surface area contributed by atoms with Crippen LogP contribution in [0, 0.1) is 0 Å². The van der Waals surface area contributed by atoms with Crippen LogP contribution in [-0.2, 0) is 9.53 Å². The molecule has 1 N–H and O–H groups in total. The summed E-state index contributed by atoms with van der Waals surface area (Å²) in [6, 6.07) is 0. The van der Waals surface area contributed by atoms with Crippen molar-refractivity contribution in [3.63, 3.8) is 0 Å². The van der Waals surface area contributed by atoms with E-state index in [9.17, 15) is 4.79 Å². The Morgan fingerprint density at radius 2 is 2.17 bits per heavy atom. The van der Waals surface area contributed by atoms with Crippen LogP contribution in [0.1, 0.15) is 26.2 Å². The van der Waals surface area contributed by atoms with Crippen molar-refractivity contribution < 1.29 is 14.6 Å². The van der Waals surface area contributed by atoms with Crippen LogP contribution >= 0.6 is 0 Å². The standard InChI is InChI=1S/C9H16O3/c1-8(9(11)12-2)6-4-3-5-7-10/h6,10H,3-5,7H2,1-2H3. The Labute approximate surface area is 73.0 Å². The molecule has 0 atom stereocenters. The quantitative estimate of drug-likeness (QED) is 0.386. The summed E-state index contributed by atoms with van der Waals surface area (Å²) in [5.41, 5.74) is 0.635. The van der Waals surface area contributed by atoms with E-state index in [1.54, 1.807) is 6.92 Å². The lowest BCUT2D eigenvalue weighted by molar-refractivity contribution is -0.136. The van der Waals surface area contributed by atoms with E-state index < -0.39 is 0 Å². The van der Waals surface area contributed by atoms with E-state index >= 15 is 0 Å². The Bertz CT molecular complexity index is 161. The van der Waals surface area contributed by atoms with E-state index in [4.69, 9.17) is 5.11 Å². The van der Waals surface area contributed by atoms with E-state index in [2.05, 4.69) is 4.74 Å². The minimum Gasteiger partial charge on any atom is -0.466 e. The molecule has 3 nitrogen and oxygen atoms in total. The fourth-order valence-electron chi connectivity index (χ4n) is 0.819. The number of allylic oxidation sites excluding steroid dienone is 1. The molecular formula is C9H16O3. The summed E-state index contributed by atoms with van der Waals surface area (Å²) in [6.45, 7) is 1.94. The highest BCUT2D eigenvalue weighted by Gasteiger charge is 2.00. The average Bonchev–Trinajstić information content (AvgIpc) is 2.10. The first kappa shape index (κ1) is 11.2. The summed E-state index contributed by atoms with van der Waals surface area (Å²) in [7, 11) is 1.37. The second kappa shape index (κ2) is 6.85. The zero-order chi connectivity index (χ0) is 9.40. The molecule has 0 heterocycles. The molecule has 0 aliphatic carbocycles. The predicted octanol–water partition coefficient (Wildman–Crippen LogP) is 1.27. The van der Waals surface area contributed by atoms with Gasteiger partial charge >= 0.3 is 5.97 Å². The van der Waals surface area contributed by atoms with Crippen LogP contribution in [0.2, 0.25) is 0 Å². The van der Waals surface area contributed by atoms with Gasteiger partial charge in [-0.1, -0.05) is 6.08 Å². The Hall–Kier alpha value is -0.830. The molecule has 0 spiro atoms. The molecule has 0 aliphatic rings. The van der Waals surface area contributed by atoms with Gasteiger partial charge in [-0.15, -0.1) is 0 Å². The van der Waals surface area contributed by atoms with Crippen LogP contribution in [0.15, 0.2) is 11.6 Å². The molecule has 0 saturated carbocycles. The first-order chi connectivity index (χ1) is 5.72. The number of carbonyl (C=O) groups excluding carboxylic acids is 1. The molecule has 0 saturated heterocycles. The zero-order valence-electron chi connectivity index (χ0n) is 7.67. The summed E-state index contributed by atoms with van der Waals surface area (Å²) in [6.07, 6.45) is 4.35. The summed E-state index contributed by atoms with van der Waals surface area (Å²) in [5.74, 6) is -0.279. The third-order valence-corrected chi connectivity index (χ3v) is 1.57. The van der Waals surface area contributed by atoms with Crippen molar-refractivity contribution in [1.29, 1.82) is 0 Å². The van der Waals surface area contributed by atoms with Gasteiger partial charge in [-0.05, 0) is 26.2 Å². The molecule has 0 aromatic heterocycles. The first-order valence-corrected chi connectivity index (χ1v) is 4.08. The van der Waals surface area contributed by atoms with E-state index in [1.165, 1.54) is 7.11 Å². The minimum atomic E-state index is -0.279. The second-order valence-corrected chi connectivity index (χ2v) is 2.60. The molecule has 0 unspecified atom stereocenters. The molecule has 0 radical (unpaired) electrons. The smallest absolute Gasteiger partial charge is 0.333 e. The minimum absolute atomic E-state index is 0.213. The van der Waals surface area contributed by atoms with Crippen molar-refractivity contribution in [2.75, 3.05) is 13.7 Å². The maximum Gasteiger partial charge on any atom is 0.333 e. The summed E-state index contributed by atoms with van der Waals surface area (Å²) in [4.78, 5) is 10.8. The maximum absolute atomic E-state index is 10.8. The van der Waals surface area contributed by atoms with Crippen molar-refractivity contribution >= 4 is 5.97 Å². The summed E-state index contributed by atoms with van der Waals surface area (Å²) in [5, 5.41) is 8.47. The number of rotatable bonds is 5. The number of hydrogen-bond donors (Lipinski definition) is 1.